The number of esters is 2. The molecule has 1 rings (SSSR count). The van der Waals surface area contributed by atoms with Crippen molar-refractivity contribution in [3.05, 3.63) is 29.8 Å². The normalized spacial score (nSPS) is 11.7. The number of hydrogen-bond donors (Lipinski definition) is 1. The van der Waals surface area contributed by atoms with Crippen molar-refractivity contribution in [3.8, 4) is 5.75 Å². The molecular weight excluding hydrogens is 422 g/mol. The lowest BCUT2D eigenvalue weighted by atomic mass is 9.94. The van der Waals surface area contributed by atoms with Crippen molar-refractivity contribution >= 4 is 17.8 Å². The summed E-state index contributed by atoms with van der Waals surface area (Å²) in [6.07, 6.45) is 8.63. The molecule has 0 bridgehead atoms. The van der Waals surface area contributed by atoms with Gasteiger partial charge in [-0.05, 0) is 44.4 Å². The second-order valence-corrected chi connectivity index (χ2v) is 8.08. The highest BCUT2D eigenvalue weighted by Crippen LogP contribution is 2.26. The largest absolute Gasteiger partial charge is 0.494 e. The molecule has 1 N–H and O–H groups in total. The van der Waals surface area contributed by atoms with Crippen LogP contribution in [0.3, 0.4) is 0 Å². The van der Waals surface area contributed by atoms with E-state index < -0.39 is 23.9 Å². The zero-order valence-electron chi connectivity index (χ0n) is 20.7. The summed E-state index contributed by atoms with van der Waals surface area (Å²) in [6, 6.07) is 6.82. The molecule has 1 unspecified atom stereocenters. The van der Waals surface area contributed by atoms with Crippen molar-refractivity contribution < 1.29 is 28.6 Å². The van der Waals surface area contributed by atoms with E-state index in [-0.39, 0.29) is 25.5 Å². The van der Waals surface area contributed by atoms with E-state index in [1.54, 1.807) is 13.8 Å². The standard InChI is InChI=1S/C26H41NO6/c1-5-8-9-10-11-12-13-18-33-22-16-14-21(15-17-22)24(27-20(4)28)19-23(25(29)31-6-2)26(30)32-7-3/h14-17,23-24H,5-13,18-19H2,1-4H3,(H,27,28). The number of carbonyl (C=O) groups excluding carboxylic acids is 3. The molecule has 0 aliphatic rings. The first-order chi connectivity index (χ1) is 15.9. The lowest BCUT2D eigenvalue weighted by Gasteiger charge is -2.23. The molecule has 0 aliphatic carbocycles. The van der Waals surface area contributed by atoms with E-state index >= 15 is 0 Å². The minimum absolute atomic E-state index is 0.0511. The molecule has 0 fully saturated rings. The number of hydrogen-bond acceptors (Lipinski definition) is 6. The maximum absolute atomic E-state index is 12.4. The van der Waals surface area contributed by atoms with Gasteiger partial charge in [-0.15, -0.1) is 0 Å². The highest BCUT2D eigenvalue weighted by molar-refractivity contribution is 5.95. The van der Waals surface area contributed by atoms with Crippen LogP contribution < -0.4 is 10.1 Å². The van der Waals surface area contributed by atoms with Crippen LogP contribution in [0.25, 0.3) is 0 Å². The van der Waals surface area contributed by atoms with Crippen LogP contribution in [0, 0.1) is 5.92 Å². The molecule has 186 valence electrons. The highest BCUT2D eigenvalue weighted by Gasteiger charge is 2.33. The number of carbonyl (C=O) groups is 3. The van der Waals surface area contributed by atoms with Gasteiger partial charge in [0.15, 0.2) is 5.92 Å². The van der Waals surface area contributed by atoms with Gasteiger partial charge in [-0.3, -0.25) is 14.4 Å². The van der Waals surface area contributed by atoms with E-state index in [0.717, 1.165) is 24.2 Å². The molecule has 7 heteroatoms. The number of unbranched alkanes of at least 4 members (excludes halogenated alkanes) is 6. The number of ether oxygens (including phenoxy) is 3. The zero-order valence-corrected chi connectivity index (χ0v) is 20.7. The van der Waals surface area contributed by atoms with Crippen LogP contribution in [0.1, 0.15) is 90.7 Å². The van der Waals surface area contributed by atoms with Crippen LogP contribution in [-0.4, -0.2) is 37.7 Å². The fourth-order valence-electron chi connectivity index (χ4n) is 3.58. The van der Waals surface area contributed by atoms with Crippen molar-refractivity contribution in [1.29, 1.82) is 0 Å². The van der Waals surface area contributed by atoms with Gasteiger partial charge in [0.2, 0.25) is 5.91 Å². The Morgan fingerprint density at radius 2 is 1.36 bits per heavy atom. The maximum atomic E-state index is 12.4. The fourth-order valence-corrected chi connectivity index (χ4v) is 3.58. The van der Waals surface area contributed by atoms with Gasteiger partial charge in [0.05, 0.1) is 25.9 Å². The van der Waals surface area contributed by atoms with Crippen molar-refractivity contribution in [2.75, 3.05) is 19.8 Å². The number of benzene rings is 1. The number of rotatable bonds is 17. The van der Waals surface area contributed by atoms with Crippen molar-refractivity contribution in [2.24, 2.45) is 5.92 Å². The molecule has 1 amide bonds. The molecule has 33 heavy (non-hydrogen) atoms. The van der Waals surface area contributed by atoms with Crippen LogP contribution in [0.4, 0.5) is 0 Å². The molecule has 1 atom stereocenters. The van der Waals surface area contributed by atoms with Gasteiger partial charge >= 0.3 is 11.9 Å². The first-order valence-electron chi connectivity index (χ1n) is 12.3. The van der Waals surface area contributed by atoms with Gasteiger partial charge in [-0.2, -0.15) is 0 Å². The lowest BCUT2D eigenvalue weighted by molar-refractivity contribution is -0.162. The molecule has 0 saturated heterocycles. The SMILES string of the molecule is CCCCCCCCCOc1ccc(C(CC(C(=O)OCC)C(=O)OCC)NC(C)=O)cc1. The molecule has 0 radical (unpaired) electrons. The molecule has 0 heterocycles. The van der Waals surface area contributed by atoms with E-state index in [4.69, 9.17) is 14.2 Å². The zero-order chi connectivity index (χ0) is 24.5. The number of amides is 1. The van der Waals surface area contributed by atoms with Gasteiger partial charge in [-0.25, -0.2) is 0 Å². The van der Waals surface area contributed by atoms with Crippen LogP contribution in [0.2, 0.25) is 0 Å². The average Bonchev–Trinajstić information content (AvgIpc) is 2.78. The molecule has 1 aromatic rings. The first-order valence-corrected chi connectivity index (χ1v) is 12.3. The predicted octanol–water partition coefficient (Wildman–Crippen LogP) is 5.13. The second-order valence-electron chi connectivity index (χ2n) is 8.08. The molecule has 1 aromatic carbocycles. The average molecular weight is 464 g/mol. The molecular formula is C26H41NO6. The van der Waals surface area contributed by atoms with E-state index in [2.05, 4.69) is 12.2 Å². The van der Waals surface area contributed by atoms with Gasteiger partial charge in [0.25, 0.3) is 0 Å². The third-order valence-corrected chi connectivity index (χ3v) is 5.29. The highest BCUT2D eigenvalue weighted by atomic mass is 16.6. The summed E-state index contributed by atoms with van der Waals surface area (Å²) in [5.74, 6) is -1.93. The van der Waals surface area contributed by atoms with Crippen molar-refractivity contribution in [3.63, 3.8) is 0 Å². The van der Waals surface area contributed by atoms with E-state index in [1.165, 1.54) is 39.0 Å². The molecule has 7 nitrogen and oxygen atoms in total. The lowest BCUT2D eigenvalue weighted by Crippen LogP contribution is -2.34. The Balaban J connectivity index is 2.72. The minimum Gasteiger partial charge on any atom is -0.494 e. The molecule has 0 aromatic heterocycles. The van der Waals surface area contributed by atoms with Crippen LogP contribution in [0.5, 0.6) is 5.75 Å². The summed E-state index contributed by atoms with van der Waals surface area (Å²) in [5.41, 5.74) is 0.770. The first kappa shape index (κ1) is 28.5. The van der Waals surface area contributed by atoms with E-state index in [9.17, 15) is 14.4 Å². The Bertz CT molecular complexity index is 685. The smallest absolute Gasteiger partial charge is 0.320 e. The van der Waals surface area contributed by atoms with Crippen LogP contribution in [-0.2, 0) is 23.9 Å². The quantitative estimate of drug-likeness (QED) is 0.196. The maximum Gasteiger partial charge on any atom is 0.320 e. The summed E-state index contributed by atoms with van der Waals surface area (Å²) in [5, 5.41) is 2.83. The van der Waals surface area contributed by atoms with Gasteiger partial charge in [0.1, 0.15) is 5.75 Å². The van der Waals surface area contributed by atoms with E-state index in [0.29, 0.717) is 6.61 Å². The summed E-state index contributed by atoms with van der Waals surface area (Å²) in [6.45, 7) is 7.95. The van der Waals surface area contributed by atoms with Crippen LogP contribution in [0.15, 0.2) is 24.3 Å². The molecule has 0 spiro atoms. The summed E-state index contributed by atoms with van der Waals surface area (Å²) < 4.78 is 15.9. The summed E-state index contributed by atoms with van der Waals surface area (Å²) in [4.78, 5) is 36.5. The van der Waals surface area contributed by atoms with Gasteiger partial charge in [-0.1, -0.05) is 57.6 Å². The van der Waals surface area contributed by atoms with Gasteiger partial charge < -0.3 is 19.5 Å². The Hall–Kier alpha value is -2.57. The monoisotopic (exact) mass is 463 g/mol. The third kappa shape index (κ3) is 11.7. The Morgan fingerprint density at radius 3 is 1.88 bits per heavy atom. The molecule has 0 aliphatic heterocycles. The predicted molar refractivity (Wildman–Crippen MR) is 128 cm³/mol. The molecule has 0 saturated carbocycles. The second kappa shape index (κ2) is 17.0. The Labute approximate surface area is 198 Å². The van der Waals surface area contributed by atoms with Crippen molar-refractivity contribution in [1.82, 2.24) is 5.32 Å². The van der Waals surface area contributed by atoms with Crippen LogP contribution >= 0.6 is 0 Å². The number of nitrogens with one attached hydrogen (secondary N) is 1. The third-order valence-electron chi connectivity index (χ3n) is 5.29. The van der Waals surface area contributed by atoms with Gasteiger partial charge in [0, 0.05) is 6.92 Å². The summed E-state index contributed by atoms with van der Waals surface area (Å²) >= 11 is 0. The topological polar surface area (TPSA) is 90.9 Å². The van der Waals surface area contributed by atoms with Crippen molar-refractivity contribution in [2.45, 2.75) is 85.1 Å². The van der Waals surface area contributed by atoms with E-state index in [1.807, 2.05) is 24.3 Å². The Morgan fingerprint density at radius 1 is 0.818 bits per heavy atom. The Kier molecular flexibility index (Phi) is 14.6. The summed E-state index contributed by atoms with van der Waals surface area (Å²) in [7, 11) is 0. The minimum atomic E-state index is -1.12. The fraction of sp³-hybridized carbons (Fsp3) is 0.654.